The fourth-order valence-corrected chi connectivity index (χ4v) is 4.82. The van der Waals surface area contributed by atoms with Crippen LogP contribution in [0.3, 0.4) is 0 Å². The summed E-state index contributed by atoms with van der Waals surface area (Å²) in [6.07, 6.45) is 0. The molecule has 3 aromatic carbocycles. The maximum absolute atomic E-state index is 5.79. The van der Waals surface area contributed by atoms with Gasteiger partial charge in [-0.25, -0.2) is 4.99 Å². The molecule has 25 heavy (non-hydrogen) atoms. The summed E-state index contributed by atoms with van der Waals surface area (Å²) in [6, 6.07) is 26.0. The third-order valence-electron chi connectivity index (χ3n) is 4.77. The van der Waals surface area contributed by atoms with E-state index >= 15 is 0 Å². The van der Waals surface area contributed by atoms with Crippen molar-refractivity contribution in [3.63, 3.8) is 0 Å². The zero-order valence-electron chi connectivity index (χ0n) is 13.7. The van der Waals surface area contributed by atoms with Crippen LogP contribution in [-0.2, 0) is 4.74 Å². The molecule has 0 saturated heterocycles. The molecule has 0 radical (unpaired) electrons. The van der Waals surface area contributed by atoms with Crippen LogP contribution in [0.5, 0.6) is 0 Å². The summed E-state index contributed by atoms with van der Waals surface area (Å²) in [7, 11) is 0. The van der Waals surface area contributed by atoms with Crippen LogP contribution in [0.25, 0.3) is 0 Å². The lowest BCUT2D eigenvalue weighted by Gasteiger charge is -2.29. The van der Waals surface area contributed by atoms with Crippen molar-refractivity contribution in [2.75, 3.05) is 13.2 Å². The van der Waals surface area contributed by atoms with E-state index in [0.717, 1.165) is 18.0 Å². The number of hydrogen-bond donors (Lipinski definition) is 0. The molecular formula is C22H17NOS. The molecule has 0 amide bonds. The number of ether oxygens (including phenoxy) is 1. The number of aliphatic imine (C=N–C) groups is 1. The summed E-state index contributed by atoms with van der Waals surface area (Å²) in [5, 5.41) is 0. The minimum absolute atomic E-state index is 0.205. The number of nitrogens with zero attached hydrogens (tertiary/aromatic N) is 1. The van der Waals surface area contributed by atoms with Crippen LogP contribution in [0.2, 0.25) is 0 Å². The van der Waals surface area contributed by atoms with Gasteiger partial charge in [0.2, 0.25) is 5.90 Å². The van der Waals surface area contributed by atoms with Crippen LogP contribution in [0, 0.1) is 0 Å². The van der Waals surface area contributed by atoms with E-state index in [9.17, 15) is 0 Å². The van der Waals surface area contributed by atoms with Crippen molar-refractivity contribution in [3.05, 3.63) is 95.1 Å². The van der Waals surface area contributed by atoms with Gasteiger partial charge in [0.15, 0.2) is 0 Å². The second-order valence-electron chi connectivity index (χ2n) is 6.23. The minimum atomic E-state index is 0.205. The average molecular weight is 343 g/mol. The highest BCUT2D eigenvalue weighted by Crippen LogP contribution is 2.48. The number of rotatable bonds is 2. The van der Waals surface area contributed by atoms with Crippen molar-refractivity contribution in [1.29, 1.82) is 0 Å². The zero-order valence-corrected chi connectivity index (χ0v) is 14.5. The van der Waals surface area contributed by atoms with Crippen LogP contribution in [0.1, 0.15) is 28.2 Å². The first-order valence-corrected chi connectivity index (χ1v) is 9.36. The summed E-state index contributed by atoms with van der Waals surface area (Å²) in [5.74, 6) is 0.987. The maximum Gasteiger partial charge on any atom is 0.216 e. The molecule has 0 aliphatic carbocycles. The van der Waals surface area contributed by atoms with Crippen molar-refractivity contribution >= 4 is 17.7 Å². The molecular weight excluding hydrogens is 326 g/mol. The van der Waals surface area contributed by atoms with Gasteiger partial charge in [-0.1, -0.05) is 66.4 Å². The second kappa shape index (κ2) is 6.08. The number of benzene rings is 3. The first-order valence-electron chi connectivity index (χ1n) is 8.54. The van der Waals surface area contributed by atoms with Gasteiger partial charge in [-0.3, -0.25) is 0 Å². The Morgan fingerprint density at radius 2 is 1.36 bits per heavy atom. The molecule has 3 heteroatoms. The van der Waals surface area contributed by atoms with E-state index in [1.165, 1.54) is 26.5 Å². The van der Waals surface area contributed by atoms with E-state index in [0.29, 0.717) is 6.61 Å². The molecule has 0 saturated carbocycles. The molecule has 122 valence electrons. The summed E-state index contributed by atoms with van der Waals surface area (Å²) in [6.45, 7) is 1.43. The Bertz CT molecular complexity index is 934. The summed E-state index contributed by atoms with van der Waals surface area (Å²) < 4.78 is 5.79. The third kappa shape index (κ3) is 2.47. The smallest absolute Gasteiger partial charge is 0.216 e. The van der Waals surface area contributed by atoms with Gasteiger partial charge in [0.25, 0.3) is 0 Å². The first-order chi connectivity index (χ1) is 12.4. The van der Waals surface area contributed by atoms with Crippen LogP contribution >= 0.6 is 11.8 Å². The third-order valence-corrected chi connectivity index (χ3v) is 5.95. The van der Waals surface area contributed by atoms with Gasteiger partial charge in [0, 0.05) is 21.3 Å². The SMILES string of the molecule is c1ccc2c(c1)Sc1ccccc1C2c1ccccc1C1=NCCO1. The van der Waals surface area contributed by atoms with Crippen LogP contribution in [0.4, 0.5) is 0 Å². The highest BCUT2D eigenvalue weighted by molar-refractivity contribution is 7.99. The fraction of sp³-hybridized carbons (Fsp3) is 0.136. The summed E-state index contributed by atoms with van der Waals surface area (Å²) >= 11 is 1.86. The molecule has 0 bridgehead atoms. The van der Waals surface area contributed by atoms with Gasteiger partial charge in [0.1, 0.15) is 6.61 Å². The topological polar surface area (TPSA) is 21.6 Å². The van der Waals surface area contributed by atoms with Gasteiger partial charge in [0.05, 0.1) is 6.54 Å². The quantitative estimate of drug-likeness (QED) is 0.504. The monoisotopic (exact) mass is 343 g/mol. The molecule has 0 fully saturated rings. The van der Waals surface area contributed by atoms with Crippen molar-refractivity contribution in [1.82, 2.24) is 0 Å². The number of fused-ring (bicyclic) bond motifs is 2. The number of hydrogen-bond acceptors (Lipinski definition) is 3. The zero-order chi connectivity index (χ0) is 16.6. The van der Waals surface area contributed by atoms with E-state index in [-0.39, 0.29) is 5.92 Å². The second-order valence-corrected chi connectivity index (χ2v) is 7.32. The van der Waals surface area contributed by atoms with Gasteiger partial charge >= 0.3 is 0 Å². The molecule has 0 N–H and O–H groups in total. The molecule has 5 rings (SSSR count). The van der Waals surface area contributed by atoms with Crippen molar-refractivity contribution < 1.29 is 4.74 Å². The lowest BCUT2D eigenvalue weighted by atomic mass is 9.82. The highest BCUT2D eigenvalue weighted by Gasteiger charge is 2.30. The molecule has 3 aromatic rings. The Morgan fingerprint density at radius 1 is 0.760 bits per heavy atom. The minimum Gasteiger partial charge on any atom is -0.476 e. The largest absolute Gasteiger partial charge is 0.476 e. The standard InChI is InChI=1S/C22H17NOS/c1-2-8-16(22-23-13-14-24-22)15(7-1)21-17-9-3-5-11-19(17)25-20-12-6-4-10-18(20)21/h1-12,21H,13-14H2. The van der Waals surface area contributed by atoms with E-state index in [1.807, 2.05) is 11.8 Å². The molecule has 2 aliphatic rings. The van der Waals surface area contributed by atoms with Crippen molar-refractivity contribution in [2.45, 2.75) is 15.7 Å². The molecule has 0 atom stereocenters. The van der Waals surface area contributed by atoms with Crippen molar-refractivity contribution in [3.8, 4) is 0 Å². The van der Waals surface area contributed by atoms with E-state index < -0.39 is 0 Å². The average Bonchev–Trinajstić information content (AvgIpc) is 3.21. The Kier molecular flexibility index (Phi) is 3.60. The van der Waals surface area contributed by atoms with E-state index in [2.05, 4.69) is 77.8 Å². The van der Waals surface area contributed by atoms with E-state index in [1.54, 1.807) is 0 Å². The first kappa shape index (κ1) is 14.8. The molecule has 2 heterocycles. The lowest BCUT2D eigenvalue weighted by molar-refractivity contribution is 0.348. The Balaban J connectivity index is 1.75. The van der Waals surface area contributed by atoms with E-state index in [4.69, 9.17) is 4.74 Å². The van der Waals surface area contributed by atoms with Crippen molar-refractivity contribution in [2.24, 2.45) is 4.99 Å². The van der Waals surface area contributed by atoms with Crippen LogP contribution in [0.15, 0.2) is 87.6 Å². The summed E-state index contributed by atoms with van der Waals surface area (Å²) in [4.78, 5) is 7.22. The normalized spacial score (nSPS) is 15.9. The van der Waals surface area contributed by atoms with Gasteiger partial charge in [-0.2, -0.15) is 0 Å². The molecule has 0 unspecified atom stereocenters. The fourth-order valence-electron chi connectivity index (χ4n) is 3.69. The van der Waals surface area contributed by atoms with Gasteiger partial charge in [-0.15, -0.1) is 0 Å². The van der Waals surface area contributed by atoms with Crippen LogP contribution in [-0.4, -0.2) is 19.0 Å². The molecule has 0 spiro atoms. The summed E-state index contributed by atoms with van der Waals surface area (Å²) in [5.41, 5.74) is 5.10. The van der Waals surface area contributed by atoms with Crippen LogP contribution < -0.4 is 0 Å². The Labute approximate surface area is 151 Å². The highest BCUT2D eigenvalue weighted by atomic mass is 32.2. The molecule has 2 nitrogen and oxygen atoms in total. The van der Waals surface area contributed by atoms with Gasteiger partial charge in [-0.05, 0) is 34.9 Å². The Hall–Kier alpha value is -2.52. The molecule has 0 aromatic heterocycles. The molecule has 2 aliphatic heterocycles. The van der Waals surface area contributed by atoms with Gasteiger partial charge < -0.3 is 4.74 Å². The predicted octanol–water partition coefficient (Wildman–Crippen LogP) is 5.11. The maximum atomic E-state index is 5.79. The lowest BCUT2D eigenvalue weighted by Crippen LogP contribution is -2.14. The Morgan fingerprint density at radius 3 is 2.00 bits per heavy atom. The predicted molar refractivity (Wildman–Crippen MR) is 102 cm³/mol.